The maximum absolute atomic E-state index is 5.17. The van der Waals surface area contributed by atoms with Gasteiger partial charge in [-0.1, -0.05) is 133 Å². The quantitative estimate of drug-likeness (QED) is 0.163. The Labute approximate surface area is 313 Å². The molecule has 0 aliphatic heterocycles. The van der Waals surface area contributed by atoms with E-state index in [-0.39, 0.29) is 0 Å². The number of pyridine rings is 2. The normalized spacial score (nSPS) is 11.3. The first-order chi connectivity index (χ1) is 26.8. The molecule has 0 saturated carbocycles. The van der Waals surface area contributed by atoms with E-state index in [9.17, 15) is 0 Å². The van der Waals surface area contributed by atoms with Crippen LogP contribution >= 0.6 is 0 Å². The summed E-state index contributed by atoms with van der Waals surface area (Å²) in [6.45, 7) is 0. The summed E-state index contributed by atoms with van der Waals surface area (Å²) in [7, 11) is 0. The molecule has 0 fully saturated rings. The van der Waals surface area contributed by atoms with Gasteiger partial charge in [-0.3, -0.25) is 9.97 Å². The number of hydrogen-bond acceptors (Lipinski definition) is 4. The van der Waals surface area contributed by atoms with Crippen LogP contribution in [-0.2, 0) is 0 Å². The first-order valence-corrected chi connectivity index (χ1v) is 18.1. The third-order valence-corrected chi connectivity index (χ3v) is 10.3. The molecule has 0 N–H and O–H groups in total. The monoisotopic (exact) mass is 688 g/mol. The van der Waals surface area contributed by atoms with Crippen LogP contribution in [0.25, 0.3) is 99.6 Å². The molecule has 0 saturated heterocycles. The van der Waals surface area contributed by atoms with Crippen molar-refractivity contribution in [3.8, 4) is 67.3 Å². The van der Waals surface area contributed by atoms with Gasteiger partial charge in [-0.2, -0.15) is 0 Å². The van der Waals surface area contributed by atoms with Crippen LogP contribution in [-0.4, -0.2) is 19.9 Å². The highest BCUT2D eigenvalue weighted by atomic mass is 14.9. The molecule has 0 aliphatic rings. The number of fused-ring (bicyclic) bond motifs is 6. The Bertz CT molecular complexity index is 2900. The molecule has 0 aliphatic carbocycles. The van der Waals surface area contributed by atoms with E-state index in [1.54, 1.807) is 24.8 Å². The molecule has 0 unspecified atom stereocenters. The average Bonchev–Trinajstić information content (AvgIpc) is 3.27. The van der Waals surface area contributed by atoms with Crippen molar-refractivity contribution in [3.05, 3.63) is 195 Å². The number of nitrogens with zero attached hydrogens (tertiary/aromatic N) is 4. The van der Waals surface area contributed by atoms with Crippen molar-refractivity contribution >= 4 is 32.3 Å². The third kappa shape index (κ3) is 5.49. The topological polar surface area (TPSA) is 51.6 Å². The van der Waals surface area contributed by atoms with Gasteiger partial charge in [-0.25, -0.2) is 9.97 Å². The predicted molar refractivity (Wildman–Crippen MR) is 223 cm³/mol. The van der Waals surface area contributed by atoms with Crippen LogP contribution < -0.4 is 0 Å². The molecule has 252 valence electrons. The van der Waals surface area contributed by atoms with E-state index in [2.05, 4.69) is 149 Å². The van der Waals surface area contributed by atoms with Gasteiger partial charge in [0.2, 0.25) is 0 Å². The Morgan fingerprint density at radius 2 is 0.630 bits per heavy atom. The molecule has 0 radical (unpaired) electrons. The second kappa shape index (κ2) is 13.4. The molecule has 54 heavy (non-hydrogen) atoms. The molecule has 3 heterocycles. The van der Waals surface area contributed by atoms with Crippen molar-refractivity contribution in [2.24, 2.45) is 0 Å². The Balaban J connectivity index is 1.15. The van der Waals surface area contributed by atoms with Crippen molar-refractivity contribution in [1.29, 1.82) is 0 Å². The zero-order valence-corrected chi connectivity index (χ0v) is 29.3. The Morgan fingerprint density at radius 1 is 0.259 bits per heavy atom. The van der Waals surface area contributed by atoms with Gasteiger partial charge in [-0.15, -0.1) is 0 Å². The standard InChI is InChI=1S/C50H32N4/c1-2-12-37(36(11-1)35-21-22-45-42-17-6-4-14-39(42)41-16-7-8-19-44(41)47(45)31-35)38-13-3-5-15-40(38)43-18-9-10-20-46(43)50-53-48(33-23-27-51-28-24-33)32-49(54-50)34-25-29-52-30-26-34/h1-32H. The highest BCUT2D eigenvalue weighted by Gasteiger charge is 2.19. The van der Waals surface area contributed by atoms with Gasteiger partial charge in [-0.05, 0) is 102 Å². The van der Waals surface area contributed by atoms with Crippen LogP contribution in [0, 0.1) is 0 Å². The van der Waals surface area contributed by atoms with Gasteiger partial charge in [0, 0.05) is 41.5 Å². The lowest BCUT2D eigenvalue weighted by Crippen LogP contribution is -1.98. The SMILES string of the molecule is c1ccc(-c2ccccc2-c2ccccc2-c2nc(-c3ccncc3)cc(-c3ccncc3)n2)c(-c2ccc3c4ccccc4c4ccccc4c3c2)c1. The first-order valence-electron chi connectivity index (χ1n) is 18.1. The molecule has 10 rings (SSSR count). The van der Waals surface area contributed by atoms with Crippen LogP contribution in [0.4, 0.5) is 0 Å². The summed E-state index contributed by atoms with van der Waals surface area (Å²) in [4.78, 5) is 18.8. The summed E-state index contributed by atoms with van der Waals surface area (Å²) in [5.74, 6) is 0.656. The van der Waals surface area contributed by atoms with Crippen molar-refractivity contribution < 1.29 is 0 Å². The zero-order valence-electron chi connectivity index (χ0n) is 29.3. The van der Waals surface area contributed by atoms with Gasteiger partial charge in [0.15, 0.2) is 5.82 Å². The highest BCUT2D eigenvalue weighted by molar-refractivity contribution is 6.25. The fraction of sp³-hybridized carbons (Fsp3) is 0. The van der Waals surface area contributed by atoms with E-state index in [0.29, 0.717) is 5.82 Å². The summed E-state index contributed by atoms with van der Waals surface area (Å²) in [6.07, 6.45) is 7.19. The molecule has 3 aromatic heterocycles. The van der Waals surface area contributed by atoms with Gasteiger partial charge in [0.1, 0.15) is 0 Å². The van der Waals surface area contributed by atoms with E-state index >= 15 is 0 Å². The number of rotatable bonds is 6. The fourth-order valence-corrected chi connectivity index (χ4v) is 7.82. The second-order valence-corrected chi connectivity index (χ2v) is 13.4. The molecule has 0 atom stereocenters. The molecule has 7 aromatic carbocycles. The predicted octanol–water partition coefficient (Wildman–Crippen LogP) is 12.7. The van der Waals surface area contributed by atoms with Crippen LogP contribution in [0.3, 0.4) is 0 Å². The zero-order chi connectivity index (χ0) is 35.8. The third-order valence-electron chi connectivity index (χ3n) is 10.3. The lowest BCUT2D eigenvalue weighted by molar-refractivity contribution is 1.18. The van der Waals surface area contributed by atoms with Crippen LogP contribution in [0.1, 0.15) is 0 Å². The Morgan fingerprint density at radius 3 is 1.13 bits per heavy atom. The Kier molecular flexibility index (Phi) is 7.77. The molecule has 4 heteroatoms. The summed E-state index contributed by atoms with van der Waals surface area (Å²) < 4.78 is 0. The van der Waals surface area contributed by atoms with Crippen molar-refractivity contribution in [2.75, 3.05) is 0 Å². The summed E-state index contributed by atoms with van der Waals surface area (Å²) in [5.41, 5.74) is 11.4. The van der Waals surface area contributed by atoms with Gasteiger partial charge in [0.05, 0.1) is 11.4 Å². The van der Waals surface area contributed by atoms with E-state index in [1.807, 2.05) is 30.3 Å². The van der Waals surface area contributed by atoms with Gasteiger partial charge < -0.3 is 0 Å². The van der Waals surface area contributed by atoms with Crippen LogP contribution in [0.5, 0.6) is 0 Å². The summed E-state index contributed by atoms with van der Waals surface area (Å²) in [6, 6.07) is 60.3. The minimum Gasteiger partial charge on any atom is -0.265 e. The lowest BCUT2D eigenvalue weighted by Gasteiger charge is -2.18. The smallest absolute Gasteiger partial charge is 0.161 e. The molecular weight excluding hydrogens is 657 g/mol. The van der Waals surface area contributed by atoms with Gasteiger partial charge >= 0.3 is 0 Å². The first kappa shape index (κ1) is 31.4. The maximum Gasteiger partial charge on any atom is 0.161 e. The van der Waals surface area contributed by atoms with Crippen molar-refractivity contribution in [3.63, 3.8) is 0 Å². The number of hydrogen-bond donors (Lipinski definition) is 0. The Hall–Kier alpha value is -7.30. The minimum absolute atomic E-state index is 0.656. The largest absolute Gasteiger partial charge is 0.265 e. The second-order valence-electron chi connectivity index (χ2n) is 13.4. The number of benzene rings is 7. The van der Waals surface area contributed by atoms with Crippen molar-refractivity contribution in [2.45, 2.75) is 0 Å². The molecule has 4 nitrogen and oxygen atoms in total. The van der Waals surface area contributed by atoms with E-state index in [0.717, 1.165) is 50.3 Å². The van der Waals surface area contributed by atoms with Crippen molar-refractivity contribution in [1.82, 2.24) is 19.9 Å². The van der Waals surface area contributed by atoms with E-state index in [4.69, 9.17) is 9.97 Å². The summed E-state index contributed by atoms with van der Waals surface area (Å²) in [5, 5.41) is 7.61. The fourth-order valence-electron chi connectivity index (χ4n) is 7.82. The van der Waals surface area contributed by atoms with E-state index in [1.165, 1.54) is 43.4 Å². The van der Waals surface area contributed by atoms with E-state index < -0.39 is 0 Å². The number of aromatic nitrogens is 4. The molecule has 0 amide bonds. The summed E-state index contributed by atoms with van der Waals surface area (Å²) >= 11 is 0. The van der Waals surface area contributed by atoms with Crippen LogP contribution in [0.15, 0.2) is 195 Å². The highest BCUT2D eigenvalue weighted by Crippen LogP contribution is 2.43. The maximum atomic E-state index is 5.17. The van der Waals surface area contributed by atoms with Crippen LogP contribution in [0.2, 0.25) is 0 Å². The van der Waals surface area contributed by atoms with Gasteiger partial charge in [0.25, 0.3) is 0 Å². The lowest BCUT2D eigenvalue weighted by atomic mass is 9.86. The minimum atomic E-state index is 0.656. The molecule has 0 spiro atoms. The molecule has 10 aromatic rings. The molecular formula is C50H32N4. The average molecular weight is 689 g/mol. The molecule has 0 bridgehead atoms.